The summed E-state index contributed by atoms with van der Waals surface area (Å²) in [4.78, 5) is 10.3. The maximum Gasteiger partial charge on any atom is 0.409 e. The molecule has 6 heteroatoms. The van der Waals surface area contributed by atoms with Gasteiger partial charge in [-0.1, -0.05) is 23.2 Å². The lowest BCUT2D eigenvalue weighted by Crippen LogP contribution is -2.06. The van der Waals surface area contributed by atoms with Gasteiger partial charge in [-0.2, -0.15) is 0 Å². The molecule has 3 nitrogen and oxygen atoms in total. The lowest BCUT2D eigenvalue weighted by molar-refractivity contribution is 0.210. The van der Waals surface area contributed by atoms with Crippen molar-refractivity contribution in [1.29, 1.82) is 0 Å². The first-order valence-electron chi connectivity index (χ1n) is 3.15. The number of rotatable bonds is 1. The van der Waals surface area contributed by atoms with E-state index in [0.29, 0.717) is 20.2 Å². The average Bonchev–Trinajstić information content (AvgIpc) is 1.98. The molecule has 13 heavy (non-hydrogen) atoms. The topological polar surface area (TPSA) is 49.3 Å². The quantitative estimate of drug-likeness (QED) is 0.770. The second-order valence-corrected chi connectivity index (χ2v) is 3.79. The fraction of sp³-hybridized carbons (Fsp3) is 0. The number of halogens is 3. The van der Waals surface area contributed by atoms with Crippen LogP contribution in [0.2, 0.25) is 10.0 Å². The summed E-state index contributed by atoms with van der Waals surface area (Å²) in [7, 11) is 0. The van der Waals surface area contributed by atoms with Gasteiger partial charge in [0, 0.05) is 5.69 Å². The number of benzene rings is 1. The number of hydrogen-bond donors (Lipinski definition) is 2. The molecule has 0 aliphatic rings. The van der Waals surface area contributed by atoms with Gasteiger partial charge in [-0.3, -0.25) is 5.32 Å². The first-order chi connectivity index (χ1) is 6.00. The summed E-state index contributed by atoms with van der Waals surface area (Å²) in [6, 6.07) is 2.93. The smallest absolute Gasteiger partial charge is 0.409 e. The number of carbonyl (C=O) groups is 1. The van der Waals surface area contributed by atoms with Gasteiger partial charge in [-0.15, -0.1) is 0 Å². The first-order valence-corrected chi connectivity index (χ1v) is 4.70. The molecule has 2 N–H and O–H groups in total. The van der Waals surface area contributed by atoms with E-state index in [1.807, 2.05) is 0 Å². The van der Waals surface area contributed by atoms with Crippen molar-refractivity contribution in [2.75, 3.05) is 5.32 Å². The van der Waals surface area contributed by atoms with Crippen LogP contribution in [-0.2, 0) is 0 Å². The van der Waals surface area contributed by atoms with Gasteiger partial charge < -0.3 is 5.11 Å². The van der Waals surface area contributed by atoms with E-state index >= 15 is 0 Å². The summed E-state index contributed by atoms with van der Waals surface area (Å²) in [6.45, 7) is 0. The van der Waals surface area contributed by atoms with Gasteiger partial charge >= 0.3 is 6.09 Å². The van der Waals surface area contributed by atoms with Crippen molar-refractivity contribution in [2.45, 2.75) is 0 Å². The zero-order chi connectivity index (χ0) is 10.0. The monoisotopic (exact) mass is 283 g/mol. The normalized spacial score (nSPS) is 9.77. The molecule has 0 unspecified atom stereocenters. The van der Waals surface area contributed by atoms with Crippen LogP contribution in [0, 0.1) is 0 Å². The molecule has 1 aromatic rings. The minimum atomic E-state index is -1.16. The molecule has 0 fully saturated rings. The minimum Gasteiger partial charge on any atom is -0.465 e. The van der Waals surface area contributed by atoms with E-state index in [-0.39, 0.29) is 0 Å². The molecule has 0 aromatic heterocycles. The Balaban J connectivity index is 3.06. The van der Waals surface area contributed by atoms with E-state index in [1.165, 1.54) is 12.1 Å². The highest BCUT2D eigenvalue weighted by atomic mass is 79.9. The molecule has 0 heterocycles. The van der Waals surface area contributed by atoms with Crippen molar-refractivity contribution >= 4 is 50.9 Å². The second kappa shape index (κ2) is 4.17. The van der Waals surface area contributed by atoms with Gasteiger partial charge in [0.1, 0.15) is 0 Å². The first kappa shape index (κ1) is 10.6. The number of anilines is 1. The summed E-state index contributed by atoms with van der Waals surface area (Å²) in [5.41, 5.74) is 0.339. The number of amides is 1. The fourth-order valence-electron chi connectivity index (χ4n) is 0.751. The maximum absolute atomic E-state index is 10.3. The molecule has 1 rings (SSSR count). The van der Waals surface area contributed by atoms with E-state index in [1.54, 1.807) is 0 Å². The molecule has 1 aromatic carbocycles. The number of hydrogen-bond acceptors (Lipinski definition) is 1. The van der Waals surface area contributed by atoms with Crippen LogP contribution in [0.5, 0.6) is 0 Å². The molecule has 0 spiro atoms. The predicted molar refractivity (Wildman–Crippen MR) is 55.8 cm³/mol. The number of carboxylic acid groups (broad SMARTS) is 1. The Bertz CT molecular complexity index is 333. The molecule has 0 aliphatic heterocycles. The third-order valence-electron chi connectivity index (χ3n) is 1.24. The van der Waals surface area contributed by atoms with Crippen molar-refractivity contribution in [3.8, 4) is 0 Å². The summed E-state index contributed by atoms with van der Waals surface area (Å²) in [5.74, 6) is 0. The Morgan fingerprint density at radius 1 is 1.38 bits per heavy atom. The van der Waals surface area contributed by atoms with E-state index < -0.39 is 6.09 Å². The zero-order valence-electron chi connectivity index (χ0n) is 6.14. The van der Waals surface area contributed by atoms with Gasteiger partial charge in [0.05, 0.1) is 14.5 Å². The molecule has 0 aliphatic carbocycles. The Morgan fingerprint density at radius 3 is 2.23 bits per heavy atom. The zero-order valence-corrected chi connectivity index (χ0v) is 9.24. The van der Waals surface area contributed by atoms with Crippen LogP contribution in [0.15, 0.2) is 16.6 Å². The molecular formula is C7H4BrCl2NO2. The molecule has 1 amide bonds. The van der Waals surface area contributed by atoms with E-state index in [9.17, 15) is 4.79 Å². The van der Waals surface area contributed by atoms with Gasteiger partial charge in [0.15, 0.2) is 0 Å². The fourth-order valence-corrected chi connectivity index (χ4v) is 1.47. The van der Waals surface area contributed by atoms with Crippen LogP contribution in [0.1, 0.15) is 0 Å². The minimum absolute atomic E-state index is 0.339. The summed E-state index contributed by atoms with van der Waals surface area (Å²) >= 11 is 14.6. The molecule has 0 radical (unpaired) electrons. The highest BCUT2D eigenvalue weighted by molar-refractivity contribution is 9.10. The highest BCUT2D eigenvalue weighted by Crippen LogP contribution is 2.33. The Labute approximate surface area is 92.8 Å². The van der Waals surface area contributed by atoms with Crippen LogP contribution in [0.3, 0.4) is 0 Å². The molecule has 0 saturated carbocycles. The highest BCUT2D eigenvalue weighted by Gasteiger charge is 2.06. The standard InChI is InChI=1S/C7H4BrCl2NO2/c8-6-4(9)1-3(2-5(6)10)11-7(12)13/h1-2,11H,(H,12,13). The van der Waals surface area contributed by atoms with E-state index in [2.05, 4.69) is 21.2 Å². The van der Waals surface area contributed by atoms with Gasteiger partial charge in [-0.25, -0.2) is 4.79 Å². The van der Waals surface area contributed by atoms with Gasteiger partial charge in [-0.05, 0) is 28.1 Å². The Hall–Kier alpha value is -0.450. The summed E-state index contributed by atoms with van der Waals surface area (Å²) < 4.78 is 0.548. The maximum atomic E-state index is 10.3. The van der Waals surface area contributed by atoms with Crippen molar-refractivity contribution in [1.82, 2.24) is 0 Å². The Kier molecular flexibility index (Phi) is 3.41. The van der Waals surface area contributed by atoms with Crippen LogP contribution in [0.25, 0.3) is 0 Å². The molecular weight excluding hydrogens is 281 g/mol. The lowest BCUT2D eigenvalue weighted by Gasteiger charge is -2.04. The van der Waals surface area contributed by atoms with Crippen LogP contribution in [-0.4, -0.2) is 11.2 Å². The summed E-state index contributed by atoms with van der Waals surface area (Å²) in [6.07, 6.45) is -1.16. The third kappa shape index (κ3) is 2.76. The molecule has 0 bridgehead atoms. The van der Waals surface area contributed by atoms with Crippen molar-refractivity contribution in [3.63, 3.8) is 0 Å². The Morgan fingerprint density at radius 2 is 1.85 bits per heavy atom. The number of nitrogens with one attached hydrogen (secondary N) is 1. The van der Waals surface area contributed by atoms with Crippen molar-refractivity contribution in [3.05, 3.63) is 26.7 Å². The molecule has 70 valence electrons. The van der Waals surface area contributed by atoms with Crippen LogP contribution < -0.4 is 5.32 Å². The van der Waals surface area contributed by atoms with Gasteiger partial charge in [0.25, 0.3) is 0 Å². The van der Waals surface area contributed by atoms with E-state index in [4.69, 9.17) is 28.3 Å². The SMILES string of the molecule is O=C(O)Nc1cc(Cl)c(Br)c(Cl)c1. The third-order valence-corrected chi connectivity index (χ3v) is 3.14. The lowest BCUT2D eigenvalue weighted by atomic mass is 10.3. The van der Waals surface area contributed by atoms with Crippen LogP contribution in [0.4, 0.5) is 10.5 Å². The van der Waals surface area contributed by atoms with Gasteiger partial charge in [0.2, 0.25) is 0 Å². The molecule has 0 saturated heterocycles. The second-order valence-electron chi connectivity index (χ2n) is 2.18. The van der Waals surface area contributed by atoms with E-state index in [0.717, 1.165) is 0 Å². The molecule has 0 atom stereocenters. The largest absolute Gasteiger partial charge is 0.465 e. The van der Waals surface area contributed by atoms with Crippen molar-refractivity contribution < 1.29 is 9.90 Å². The average molecular weight is 285 g/mol. The predicted octanol–water partition coefficient (Wildman–Crippen LogP) is 3.85. The summed E-state index contributed by atoms with van der Waals surface area (Å²) in [5, 5.41) is 11.3. The van der Waals surface area contributed by atoms with Crippen LogP contribution >= 0.6 is 39.1 Å². The van der Waals surface area contributed by atoms with Crippen molar-refractivity contribution in [2.24, 2.45) is 0 Å².